The van der Waals surface area contributed by atoms with E-state index in [0.29, 0.717) is 42.9 Å². The number of rotatable bonds is 5. The molecule has 0 spiro atoms. The van der Waals surface area contributed by atoms with Crippen molar-refractivity contribution in [1.82, 2.24) is 0 Å². The standard InChI is InChI=1S/C15H20N2O3/c1-3-17-12-9-11(13(18)5-4-8-16)6-7-14(12)20-10(2)15(17)19/h6-7,9-10H,3-5,8,16H2,1-2H3. The SMILES string of the molecule is CCN1C(=O)C(C)Oc2ccc(C(=O)CCCN)cc21. The van der Waals surface area contributed by atoms with E-state index < -0.39 is 6.10 Å². The maximum atomic E-state index is 12.1. The van der Waals surface area contributed by atoms with Crippen molar-refractivity contribution in [3.8, 4) is 5.75 Å². The molecule has 2 rings (SSSR count). The van der Waals surface area contributed by atoms with Crippen LogP contribution >= 0.6 is 0 Å². The molecule has 0 bridgehead atoms. The van der Waals surface area contributed by atoms with E-state index >= 15 is 0 Å². The van der Waals surface area contributed by atoms with Gasteiger partial charge < -0.3 is 15.4 Å². The summed E-state index contributed by atoms with van der Waals surface area (Å²) < 4.78 is 5.57. The van der Waals surface area contributed by atoms with Gasteiger partial charge in [-0.25, -0.2) is 0 Å². The second-order valence-corrected chi connectivity index (χ2v) is 4.84. The van der Waals surface area contributed by atoms with Crippen molar-refractivity contribution in [2.45, 2.75) is 32.8 Å². The molecule has 0 aromatic heterocycles. The lowest BCUT2D eigenvalue weighted by atomic mass is 10.0. The zero-order valence-electron chi connectivity index (χ0n) is 11.9. The fourth-order valence-electron chi connectivity index (χ4n) is 2.31. The second-order valence-electron chi connectivity index (χ2n) is 4.84. The number of carbonyl (C=O) groups excluding carboxylic acids is 2. The Balaban J connectivity index is 2.32. The second kappa shape index (κ2) is 6.05. The largest absolute Gasteiger partial charge is 0.479 e. The lowest BCUT2D eigenvalue weighted by molar-refractivity contribution is -0.125. The van der Waals surface area contributed by atoms with Gasteiger partial charge in [0.1, 0.15) is 5.75 Å². The van der Waals surface area contributed by atoms with Crippen LogP contribution in [0.3, 0.4) is 0 Å². The summed E-state index contributed by atoms with van der Waals surface area (Å²) in [6.45, 7) is 4.69. The van der Waals surface area contributed by atoms with Gasteiger partial charge in [-0.3, -0.25) is 9.59 Å². The molecule has 0 saturated heterocycles. The summed E-state index contributed by atoms with van der Waals surface area (Å²) in [6.07, 6.45) is 0.605. The quantitative estimate of drug-likeness (QED) is 0.831. The molecule has 1 aromatic carbocycles. The van der Waals surface area contributed by atoms with Crippen molar-refractivity contribution in [3.63, 3.8) is 0 Å². The predicted octanol–water partition coefficient (Wildman–Crippen LogP) is 1.74. The van der Waals surface area contributed by atoms with Crippen molar-refractivity contribution in [3.05, 3.63) is 23.8 Å². The van der Waals surface area contributed by atoms with Crippen LogP contribution in [-0.4, -0.2) is 30.9 Å². The summed E-state index contributed by atoms with van der Waals surface area (Å²) in [5, 5.41) is 0. The highest BCUT2D eigenvalue weighted by Gasteiger charge is 2.30. The smallest absolute Gasteiger partial charge is 0.267 e. The molecular weight excluding hydrogens is 256 g/mol. The van der Waals surface area contributed by atoms with Gasteiger partial charge in [-0.2, -0.15) is 0 Å². The first-order valence-corrected chi connectivity index (χ1v) is 6.93. The van der Waals surface area contributed by atoms with Crippen molar-refractivity contribution < 1.29 is 14.3 Å². The maximum Gasteiger partial charge on any atom is 0.267 e. The first-order valence-electron chi connectivity index (χ1n) is 6.93. The molecule has 1 atom stereocenters. The molecule has 20 heavy (non-hydrogen) atoms. The molecule has 1 amide bonds. The van der Waals surface area contributed by atoms with Gasteiger partial charge in [0, 0.05) is 18.5 Å². The van der Waals surface area contributed by atoms with Crippen LogP contribution in [0.1, 0.15) is 37.0 Å². The summed E-state index contributed by atoms with van der Waals surface area (Å²) in [5.74, 6) is 0.612. The van der Waals surface area contributed by atoms with E-state index in [9.17, 15) is 9.59 Å². The predicted molar refractivity (Wildman–Crippen MR) is 77.2 cm³/mol. The van der Waals surface area contributed by atoms with Crippen molar-refractivity contribution in [1.29, 1.82) is 0 Å². The van der Waals surface area contributed by atoms with Gasteiger partial charge in [0.2, 0.25) is 0 Å². The average molecular weight is 276 g/mol. The Hall–Kier alpha value is -1.88. The van der Waals surface area contributed by atoms with Crippen molar-refractivity contribution >= 4 is 17.4 Å². The summed E-state index contributed by atoms with van der Waals surface area (Å²) in [7, 11) is 0. The molecule has 1 unspecified atom stereocenters. The molecule has 1 aliphatic rings. The van der Waals surface area contributed by atoms with Crippen LogP contribution in [0, 0.1) is 0 Å². The lowest BCUT2D eigenvalue weighted by Gasteiger charge is -2.32. The highest BCUT2D eigenvalue weighted by atomic mass is 16.5. The maximum absolute atomic E-state index is 12.1. The number of likely N-dealkylation sites (N-methyl/N-ethyl adjacent to an activating group) is 1. The fourth-order valence-corrected chi connectivity index (χ4v) is 2.31. The van der Waals surface area contributed by atoms with Crippen LogP contribution in [0.4, 0.5) is 5.69 Å². The summed E-state index contributed by atoms with van der Waals surface area (Å²) >= 11 is 0. The van der Waals surface area contributed by atoms with Gasteiger partial charge >= 0.3 is 0 Å². The third-order valence-electron chi connectivity index (χ3n) is 3.41. The molecule has 0 aliphatic carbocycles. The van der Waals surface area contributed by atoms with Crippen LogP contribution in [0.15, 0.2) is 18.2 Å². The van der Waals surface area contributed by atoms with Crippen molar-refractivity contribution in [2.75, 3.05) is 18.0 Å². The molecule has 0 saturated carbocycles. The number of hydrogen-bond donors (Lipinski definition) is 1. The molecule has 1 heterocycles. The molecule has 0 fully saturated rings. The van der Waals surface area contributed by atoms with E-state index in [1.54, 1.807) is 30.0 Å². The van der Waals surface area contributed by atoms with E-state index in [2.05, 4.69) is 0 Å². The van der Waals surface area contributed by atoms with Crippen LogP contribution in [0.5, 0.6) is 5.75 Å². The molecule has 5 nitrogen and oxygen atoms in total. The van der Waals surface area contributed by atoms with Crippen LogP contribution in [-0.2, 0) is 4.79 Å². The number of hydrogen-bond acceptors (Lipinski definition) is 4. The number of Topliss-reactive ketones (excluding diaryl/α,β-unsaturated/α-hetero) is 1. The topological polar surface area (TPSA) is 72.6 Å². The molecule has 0 radical (unpaired) electrons. The lowest BCUT2D eigenvalue weighted by Crippen LogP contribution is -2.44. The molecule has 5 heteroatoms. The van der Waals surface area contributed by atoms with Gasteiger partial charge in [0.05, 0.1) is 5.69 Å². The number of anilines is 1. The number of nitrogens with two attached hydrogens (primary N) is 1. The van der Waals surface area contributed by atoms with E-state index in [1.807, 2.05) is 6.92 Å². The third kappa shape index (κ3) is 2.67. The van der Waals surface area contributed by atoms with Crippen LogP contribution < -0.4 is 15.4 Å². The monoisotopic (exact) mass is 276 g/mol. The molecule has 1 aliphatic heterocycles. The Morgan fingerprint density at radius 3 is 2.85 bits per heavy atom. The Morgan fingerprint density at radius 2 is 2.20 bits per heavy atom. The number of nitrogens with zero attached hydrogens (tertiary/aromatic N) is 1. The van der Waals surface area contributed by atoms with Gasteiger partial charge in [-0.15, -0.1) is 0 Å². The highest BCUT2D eigenvalue weighted by molar-refractivity contribution is 6.02. The van der Waals surface area contributed by atoms with Gasteiger partial charge in [0.25, 0.3) is 5.91 Å². The van der Waals surface area contributed by atoms with Gasteiger partial charge in [-0.1, -0.05) is 0 Å². The summed E-state index contributed by atoms with van der Waals surface area (Å²) in [4.78, 5) is 25.8. The molecular formula is C15H20N2O3. The molecule has 108 valence electrons. The van der Waals surface area contributed by atoms with E-state index in [4.69, 9.17) is 10.5 Å². The highest BCUT2D eigenvalue weighted by Crippen LogP contribution is 2.35. The summed E-state index contributed by atoms with van der Waals surface area (Å²) in [6, 6.07) is 5.24. The number of carbonyl (C=O) groups is 2. The number of amides is 1. The third-order valence-corrected chi connectivity index (χ3v) is 3.41. The molecule has 2 N–H and O–H groups in total. The first kappa shape index (κ1) is 14.5. The van der Waals surface area contributed by atoms with E-state index in [0.717, 1.165) is 0 Å². The van der Waals surface area contributed by atoms with Crippen molar-refractivity contribution in [2.24, 2.45) is 5.73 Å². The Morgan fingerprint density at radius 1 is 1.45 bits per heavy atom. The first-order chi connectivity index (χ1) is 9.58. The normalized spacial score (nSPS) is 17.6. The Labute approximate surface area is 118 Å². The zero-order valence-corrected chi connectivity index (χ0v) is 11.9. The number of ether oxygens (including phenoxy) is 1. The zero-order chi connectivity index (χ0) is 14.7. The Kier molecular flexibility index (Phi) is 4.39. The van der Waals surface area contributed by atoms with E-state index in [-0.39, 0.29) is 11.7 Å². The molecule has 1 aromatic rings. The van der Waals surface area contributed by atoms with Crippen LogP contribution in [0.25, 0.3) is 0 Å². The number of benzene rings is 1. The fraction of sp³-hybridized carbons (Fsp3) is 0.467. The van der Waals surface area contributed by atoms with Gasteiger partial charge in [0.15, 0.2) is 11.9 Å². The minimum atomic E-state index is -0.485. The minimum absolute atomic E-state index is 0.0420. The van der Waals surface area contributed by atoms with E-state index in [1.165, 1.54) is 0 Å². The van der Waals surface area contributed by atoms with Crippen LogP contribution in [0.2, 0.25) is 0 Å². The summed E-state index contributed by atoms with van der Waals surface area (Å²) in [5.41, 5.74) is 6.69. The Bertz CT molecular complexity index is 528. The minimum Gasteiger partial charge on any atom is -0.479 e. The number of ketones is 1. The number of fused-ring (bicyclic) bond motifs is 1. The average Bonchev–Trinajstić information content (AvgIpc) is 2.45. The van der Waals surface area contributed by atoms with Gasteiger partial charge in [-0.05, 0) is 45.0 Å².